The van der Waals surface area contributed by atoms with Crippen LogP contribution in [0.1, 0.15) is 38.1 Å². The number of carbonyl (C=O) groups is 1. The van der Waals surface area contributed by atoms with Crippen LogP contribution in [0.15, 0.2) is 42.9 Å². The number of methoxy groups -OCH3 is 1. The van der Waals surface area contributed by atoms with Gasteiger partial charge in [-0.15, -0.1) is 11.3 Å². The molecule has 0 aliphatic heterocycles. The van der Waals surface area contributed by atoms with Crippen molar-refractivity contribution < 1.29 is 23.4 Å². The minimum Gasteiger partial charge on any atom is -0.483 e. The summed E-state index contributed by atoms with van der Waals surface area (Å²) < 4.78 is 33.4. The van der Waals surface area contributed by atoms with Crippen molar-refractivity contribution in [3.63, 3.8) is 0 Å². The van der Waals surface area contributed by atoms with E-state index >= 15 is 4.39 Å². The molecule has 1 fully saturated rings. The summed E-state index contributed by atoms with van der Waals surface area (Å²) in [6.07, 6.45) is 4.13. The lowest BCUT2D eigenvalue weighted by Crippen LogP contribution is -2.40. The summed E-state index contributed by atoms with van der Waals surface area (Å²) in [4.78, 5) is 34.7. The molecule has 5 aromatic rings. The first-order chi connectivity index (χ1) is 20.1. The van der Waals surface area contributed by atoms with Gasteiger partial charge in [-0.05, 0) is 44.4 Å². The number of aromatic nitrogens is 5. The van der Waals surface area contributed by atoms with Crippen LogP contribution in [0.3, 0.4) is 0 Å². The molecule has 0 bridgehead atoms. The average molecular weight is 589 g/mol. The monoisotopic (exact) mass is 588 g/mol. The highest BCUT2D eigenvalue weighted by molar-refractivity contribution is 7.21. The molecule has 3 aromatic heterocycles. The Bertz CT molecular complexity index is 1810. The van der Waals surface area contributed by atoms with E-state index in [1.54, 1.807) is 26.3 Å². The Hall–Kier alpha value is -4.45. The maximum absolute atomic E-state index is 15.4. The molecule has 0 radical (unpaired) electrons. The van der Waals surface area contributed by atoms with E-state index in [-0.39, 0.29) is 11.2 Å². The van der Waals surface area contributed by atoms with E-state index in [1.165, 1.54) is 29.8 Å². The van der Waals surface area contributed by atoms with Gasteiger partial charge in [-0.25, -0.2) is 34.1 Å². The molecule has 2 atom stereocenters. The number of amides is 1. The standard InChI is InChI=1S/C30H29FN6O4S/c1-15-8-18(26-21(9-15)36-25(39-5)14-34-26)28-37-20-10-19(31)23(11-24(20)42-28)40-22-6-7-30(3,4)27(22)41-29(38)35-17-12-32-16(2)33-13-17/h8-14,22,27H,6-7H2,1-5H3,(H,35,38)/t22-,27-/m1/s1. The second-order valence-corrected chi connectivity index (χ2v) is 12.0. The molecule has 10 nitrogen and oxygen atoms in total. The molecular weight excluding hydrogens is 559 g/mol. The van der Waals surface area contributed by atoms with Crippen LogP contribution in [0.25, 0.3) is 31.8 Å². The highest BCUT2D eigenvalue weighted by atomic mass is 32.1. The van der Waals surface area contributed by atoms with E-state index < -0.39 is 24.1 Å². The van der Waals surface area contributed by atoms with Crippen molar-refractivity contribution in [2.24, 2.45) is 5.41 Å². The third-order valence-corrected chi connectivity index (χ3v) is 8.42. The van der Waals surface area contributed by atoms with Gasteiger partial charge in [-0.3, -0.25) is 5.32 Å². The highest BCUT2D eigenvalue weighted by Gasteiger charge is 2.46. The van der Waals surface area contributed by atoms with Gasteiger partial charge in [-0.2, -0.15) is 0 Å². The van der Waals surface area contributed by atoms with E-state index in [1.807, 2.05) is 32.9 Å². The van der Waals surface area contributed by atoms with E-state index in [0.29, 0.717) is 45.4 Å². The lowest BCUT2D eigenvalue weighted by molar-refractivity contribution is -0.00717. The van der Waals surface area contributed by atoms with Gasteiger partial charge in [-0.1, -0.05) is 13.8 Å². The molecule has 216 valence electrons. The Kier molecular flexibility index (Phi) is 7.09. The first kappa shape index (κ1) is 27.7. The number of ether oxygens (including phenoxy) is 3. The maximum atomic E-state index is 15.4. The van der Waals surface area contributed by atoms with Crippen molar-refractivity contribution in [3.8, 4) is 22.2 Å². The van der Waals surface area contributed by atoms with Crippen molar-refractivity contribution in [3.05, 3.63) is 60.1 Å². The Morgan fingerprint density at radius 3 is 2.60 bits per heavy atom. The third kappa shape index (κ3) is 5.41. The van der Waals surface area contributed by atoms with E-state index in [9.17, 15) is 4.79 Å². The molecule has 12 heteroatoms. The second kappa shape index (κ2) is 10.8. The molecule has 42 heavy (non-hydrogen) atoms. The molecule has 1 aliphatic carbocycles. The Labute approximate surface area is 245 Å². The molecule has 1 aliphatic rings. The number of hydrogen-bond donors (Lipinski definition) is 1. The molecule has 1 N–H and O–H groups in total. The Morgan fingerprint density at radius 1 is 1.05 bits per heavy atom. The van der Waals surface area contributed by atoms with Gasteiger partial charge in [0.1, 0.15) is 23.0 Å². The largest absolute Gasteiger partial charge is 0.483 e. The van der Waals surface area contributed by atoms with Crippen LogP contribution in [0.2, 0.25) is 0 Å². The summed E-state index contributed by atoms with van der Waals surface area (Å²) in [5.74, 6) is 0.557. The minimum atomic E-state index is -0.648. The maximum Gasteiger partial charge on any atom is 0.412 e. The van der Waals surface area contributed by atoms with Gasteiger partial charge in [0.15, 0.2) is 11.6 Å². The van der Waals surface area contributed by atoms with Crippen molar-refractivity contribution in [1.82, 2.24) is 24.9 Å². The summed E-state index contributed by atoms with van der Waals surface area (Å²) >= 11 is 1.41. The molecule has 0 unspecified atom stereocenters. The van der Waals surface area contributed by atoms with Gasteiger partial charge in [0, 0.05) is 23.1 Å². The fourth-order valence-corrected chi connectivity index (χ4v) is 6.19. The number of anilines is 1. The normalized spacial score (nSPS) is 17.9. The number of nitrogens with zero attached hydrogens (tertiary/aromatic N) is 5. The van der Waals surface area contributed by atoms with Gasteiger partial charge in [0.25, 0.3) is 0 Å². The molecule has 2 aromatic carbocycles. The number of rotatable bonds is 6. The number of halogens is 1. The third-order valence-electron chi connectivity index (χ3n) is 7.37. The smallest absolute Gasteiger partial charge is 0.412 e. The lowest BCUT2D eigenvalue weighted by Gasteiger charge is -2.30. The zero-order valence-corrected chi connectivity index (χ0v) is 24.6. The van der Waals surface area contributed by atoms with Crippen LogP contribution in [-0.4, -0.2) is 50.3 Å². The first-order valence-electron chi connectivity index (χ1n) is 13.4. The van der Waals surface area contributed by atoms with Crippen molar-refractivity contribution in [2.45, 2.75) is 52.7 Å². The summed E-state index contributed by atoms with van der Waals surface area (Å²) in [5, 5.41) is 3.35. The highest BCUT2D eigenvalue weighted by Crippen LogP contribution is 2.43. The quantitative estimate of drug-likeness (QED) is 0.232. The average Bonchev–Trinajstić information content (AvgIpc) is 3.48. The van der Waals surface area contributed by atoms with E-state index in [2.05, 4.69) is 25.3 Å². The predicted octanol–water partition coefficient (Wildman–Crippen LogP) is 6.65. The summed E-state index contributed by atoms with van der Waals surface area (Å²) in [6, 6.07) is 6.96. The second-order valence-electron chi connectivity index (χ2n) is 11.0. The number of hydrogen-bond acceptors (Lipinski definition) is 10. The van der Waals surface area contributed by atoms with E-state index in [0.717, 1.165) is 22.2 Å². The number of aryl methyl sites for hydroxylation is 2. The van der Waals surface area contributed by atoms with Crippen molar-refractivity contribution in [2.75, 3.05) is 12.4 Å². The first-order valence-corrected chi connectivity index (χ1v) is 14.3. The number of thiazole rings is 1. The van der Waals surface area contributed by atoms with Crippen LogP contribution < -0.4 is 14.8 Å². The summed E-state index contributed by atoms with van der Waals surface area (Å²) in [6.45, 7) is 7.73. The predicted molar refractivity (Wildman–Crippen MR) is 157 cm³/mol. The topological polar surface area (TPSA) is 121 Å². The number of carbonyl (C=O) groups excluding carboxylic acids is 1. The van der Waals surface area contributed by atoms with Crippen LogP contribution in [0.4, 0.5) is 14.9 Å². The van der Waals surface area contributed by atoms with Gasteiger partial charge < -0.3 is 14.2 Å². The Morgan fingerprint density at radius 2 is 1.83 bits per heavy atom. The van der Waals surface area contributed by atoms with E-state index in [4.69, 9.17) is 19.2 Å². The molecule has 0 saturated heterocycles. The van der Waals surface area contributed by atoms with Gasteiger partial charge >= 0.3 is 6.09 Å². The fourth-order valence-electron chi connectivity index (χ4n) is 5.19. The summed E-state index contributed by atoms with van der Waals surface area (Å²) in [5.41, 5.74) is 3.72. The van der Waals surface area contributed by atoms with Crippen LogP contribution >= 0.6 is 11.3 Å². The molecule has 6 rings (SSSR count). The number of nitrogens with one attached hydrogen (secondary N) is 1. The van der Waals surface area contributed by atoms with Crippen LogP contribution in [0.5, 0.6) is 11.6 Å². The minimum absolute atomic E-state index is 0.0833. The zero-order chi connectivity index (χ0) is 29.6. The van der Waals surface area contributed by atoms with Gasteiger partial charge in [0.2, 0.25) is 5.88 Å². The van der Waals surface area contributed by atoms with Gasteiger partial charge in [0.05, 0.1) is 52.6 Å². The molecule has 3 heterocycles. The molecule has 0 spiro atoms. The fraction of sp³-hybridized carbons (Fsp3) is 0.333. The summed E-state index contributed by atoms with van der Waals surface area (Å²) in [7, 11) is 1.55. The zero-order valence-electron chi connectivity index (χ0n) is 23.8. The van der Waals surface area contributed by atoms with Crippen molar-refractivity contribution >= 4 is 44.4 Å². The molecule has 1 amide bonds. The number of benzene rings is 2. The van der Waals surface area contributed by atoms with Crippen LogP contribution in [0, 0.1) is 25.1 Å². The molecule has 1 saturated carbocycles. The van der Waals surface area contributed by atoms with Crippen LogP contribution in [-0.2, 0) is 4.74 Å². The number of fused-ring (bicyclic) bond motifs is 2. The van der Waals surface area contributed by atoms with Crippen molar-refractivity contribution in [1.29, 1.82) is 0 Å². The SMILES string of the molecule is COc1cnc2c(-c3nc4cc(F)c(O[C@@H]5CCC(C)(C)[C@@H]5OC(=O)Nc5cnc(C)nc5)cc4s3)cc(C)cc2n1. The molecular formula is C30H29FN6O4S. The Balaban J connectivity index is 1.26. The lowest BCUT2D eigenvalue weighted by atomic mass is 9.89.